The number of carbonyl (C=O) groups is 1. The fourth-order valence-electron chi connectivity index (χ4n) is 2.57. The number of aliphatic hydroxyl groups is 1. The van der Waals surface area contributed by atoms with Crippen LogP contribution in [0.2, 0.25) is 0 Å². The fraction of sp³-hybridized carbons (Fsp3) is 0.0556. The van der Waals surface area contributed by atoms with Crippen LogP contribution in [0.15, 0.2) is 79.5 Å². The summed E-state index contributed by atoms with van der Waals surface area (Å²) >= 11 is 0. The van der Waals surface area contributed by atoms with Crippen LogP contribution >= 0.6 is 0 Å². The van der Waals surface area contributed by atoms with E-state index in [4.69, 9.17) is 0 Å². The second-order valence-electron chi connectivity index (χ2n) is 4.87. The molecule has 0 saturated heterocycles. The molecular formula is C18H15NO2. The van der Waals surface area contributed by atoms with E-state index in [0.29, 0.717) is 11.1 Å². The van der Waals surface area contributed by atoms with Gasteiger partial charge in [-0.2, -0.15) is 0 Å². The van der Waals surface area contributed by atoms with E-state index < -0.39 is 5.72 Å². The zero-order chi connectivity index (χ0) is 14.9. The number of carbonyl (C=O) groups excluding carboxylic acids is 1. The molecule has 3 rings (SSSR count). The van der Waals surface area contributed by atoms with E-state index in [-0.39, 0.29) is 5.91 Å². The summed E-state index contributed by atoms with van der Waals surface area (Å²) in [4.78, 5) is 13.8. The van der Waals surface area contributed by atoms with Gasteiger partial charge < -0.3 is 5.11 Å². The molecule has 3 heteroatoms. The largest absolute Gasteiger partial charge is 0.363 e. The molecule has 0 aromatic heterocycles. The van der Waals surface area contributed by atoms with Crippen LogP contribution in [-0.2, 0) is 10.5 Å². The van der Waals surface area contributed by atoms with E-state index in [9.17, 15) is 9.90 Å². The first kappa shape index (κ1) is 13.3. The van der Waals surface area contributed by atoms with E-state index in [0.717, 1.165) is 5.56 Å². The van der Waals surface area contributed by atoms with Gasteiger partial charge in [0.1, 0.15) is 0 Å². The van der Waals surface area contributed by atoms with Crippen molar-refractivity contribution < 1.29 is 9.90 Å². The first-order valence-corrected chi connectivity index (χ1v) is 6.69. The molecule has 2 aromatic carbocycles. The van der Waals surface area contributed by atoms with Gasteiger partial charge in [0.2, 0.25) is 0 Å². The number of nitrogens with zero attached hydrogens (tertiary/aromatic N) is 1. The Kier molecular flexibility index (Phi) is 3.20. The van der Waals surface area contributed by atoms with Crippen LogP contribution in [0.5, 0.6) is 0 Å². The van der Waals surface area contributed by atoms with Crippen LogP contribution in [-0.4, -0.2) is 15.9 Å². The highest BCUT2D eigenvalue weighted by Gasteiger charge is 2.44. The summed E-state index contributed by atoms with van der Waals surface area (Å²) in [5.74, 6) is -0.262. The van der Waals surface area contributed by atoms with Crippen molar-refractivity contribution in [2.45, 2.75) is 5.72 Å². The molecule has 1 unspecified atom stereocenters. The molecule has 1 N–H and O–H groups in total. The van der Waals surface area contributed by atoms with E-state index in [1.165, 1.54) is 11.1 Å². The lowest BCUT2D eigenvalue weighted by Crippen LogP contribution is -2.40. The Morgan fingerprint density at radius 1 is 1.00 bits per heavy atom. The summed E-state index contributed by atoms with van der Waals surface area (Å²) < 4.78 is 0. The predicted octanol–water partition coefficient (Wildman–Crippen LogP) is 2.90. The van der Waals surface area contributed by atoms with Crippen molar-refractivity contribution in [3.63, 3.8) is 0 Å². The first-order chi connectivity index (χ1) is 10.2. The van der Waals surface area contributed by atoms with Gasteiger partial charge in [-0.05, 0) is 11.6 Å². The smallest absolute Gasteiger partial charge is 0.261 e. The minimum absolute atomic E-state index is 0.262. The zero-order valence-electron chi connectivity index (χ0n) is 11.4. The lowest BCUT2D eigenvalue weighted by molar-refractivity contribution is -0.135. The SMILES string of the molecule is C=CN1C(=O)C(c2ccccc2)=CC1(O)c1ccccc1. The minimum Gasteiger partial charge on any atom is -0.363 e. The lowest BCUT2D eigenvalue weighted by Gasteiger charge is -2.30. The van der Waals surface area contributed by atoms with Crippen LogP contribution in [0, 0.1) is 0 Å². The number of hydrogen-bond donors (Lipinski definition) is 1. The standard InChI is InChI=1S/C18H15NO2/c1-2-19-17(20)16(14-9-5-3-6-10-14)13-18(19,21)15-11-7-4-8-12-15/h2-13,21H,1H2. The van der Waals surface area contributed by atoms with Crippen molar-refractivity contribution in [1.82, 2.24) is 4.90 Å². The van der Waals surface area contributed by atoms with Gasteiger partial charge in [0.05, 0.1) is 0 Å². The average molecular weight is 277 g/mol. The highest BCUT2D eigenvalue weighted by molar-refractivity contribution is 6.22. The fourth-order valence-corrected chi connectivity index (χ4v) is 2.57. The maximum absolute atomic E-state index is 12.6. The maximum atomic E-state index is 12.6. The molecule has 1 heterocycles. The van der Waals surface area contributed by atoms with Crippen LogP contribution in [0.25, 0.3) is 5.57 Å². The third-order valence-corrected chi connectivity index (χ3v) is 3.63. The quantitative estimate of drug-likeness (QED) is 0.937. The molecular weight excluding hydrogens is 262 g/mol. The molecule has 1 atom stereocenters. The van der Waals surface area contributed by atoms with Crippen molar-refractivity contribution in [2.75, 3.05) is 0 Å². The summed E-state index contributed by atoms with van der Waals surface area (Å²) in [5, 5.41) is 11.0. The second kappa shape index (κ2) is 5.04. The van der Waals surface area contributed by atoms with Gasteiger partial charge in [0.15, 0.2) is 5.72 Å². The van der Waals surface area contributed by atoms with Gasteiger partial charge in [-0.1, -0.05) is 67.2 Å². The Morgan fingerprint density at radius 2 is 1.57 bits per heavy atom. The summed E-state index contributed by atoms with van der Waals surface area (Å²) in [5.41, 5.74) is 0.387. The molecule has 0 bridgehead atoms. The summed E-state index contributed by atoms with van der Waals surface area (Å²) in [7, 11) is 0. The average Bonchev–Trinajstić information content (AvgIpc) is 2.81. The normalized spacial score (nSPS) is 21.3. The first-order valence-electron chi connectivity index (χ1n) is 6.69. The lowest BCUT2D eigenvalue weighted by atomic mass is 10.0. The third kappa shape index (κ3) is 2.08. The number of hydrogen-bond acceptors (Lipinski definition) is 2. The molecule has 0 fully saturated rings. The van der Waals surface area contributed by atoms with Gasteiger partial charge in [-0.15, -0.1) is 0 Å². The molecule has 1 amide bonds. The monoisotopic (exact) mass is 277 g/mol. The highest BCUT2D eigenvalue weighted by atomic mass is 16.3. The topological polar surface area (TPSA) is 40.5 Å². The molecule has 1 aliphatic rings. The number of amides is 1. The van der Waals surface area contributed by atoms with Crippen LogP contribution in [0.4, 0.5) is 0 Å². The number of benzene rings is 2. The molecule has 104 valence electrons. The van der Waals surface area contributed by atoms with Crippen molar-refractivity contribution in [2.24, 2.45) is 0 Å². The minimum atomic E-state index is -1.49. The molecule has 21 heavy (non-hydrogen) atoms. The Labute approximate surface area is 123 Å². The Balaban J connectivity index is 2.14. The molecule has 3 nitrogen and oxygen atoms in total. The third-order valence-electron chi connectivity index (χ3n) is 3.63. The van der Waals surface area contributed by atoms with Gasteiger partial charge >= 0.3 is 0 Å². The highest BCUT2D eigenvalue weighted by Crippen LogP contribution is 2.38. The van der Waals surface area contributed by atoms with Crippen molar-refractivity contribution in [3.05, 3.63) is 90.6 Å². The van der Waals surface area contributed by atoms with Gasteiger partial charge in [-0.3, -0.25) is 9.69 Å². The van der Waals surface area contributed by atoms with E-state index >= 15 is 0 Å². The molecule has 2 aromatic rings. The Morgan fingerprint density at radius 3 is 2.14 bits per heavy atom. The van der Waals surface area contributed by atoms with E-state index in [1.54, 1.807) is 18.2 Å². The zero-order valence-corrected chi connectivity index (χ0v) is 11.4. The molecule has 0 radical (unpaired) electrons. The van der Waals surface area contributed by atoms with E-state index in [1.807, 2.05) is 48.5 Å². The van der Waals surface area contributed by atoms with Crippen molar-refractivity contribution in [3.8, 4) is 0 Å². The summed E-state index contributed by atoms with van der Waals surface area (Å²) in [6.45, 7) is 3.65. The van der Waals surface area contributed by atoms with Gasteiger partial charge in [-0.25, -0.2) is 0 Å². The summed E-state index contributed by atoms with van der Waals surface area (Å²) in [6, 6.07) is 18.4. The molecule has 0 aliphatic carbocycles. The van der Waals surface area contributed by atoms with Crippen molar-refractivity contribution >= 4 is 11.5 Å². The van der Waals surface area contributed by atoms with Crippen LogP contribution < -0.4 is 0 Å². The van der Waals surface area contributed by atoms with Gasteiger partial charge in [0.25, 0.3) is 5.91 Å². The van der Waals surface area contributed by atoms with Gasteiger partial charge in [0, 0.05) is 17.3 Å². The molecule has 1 aliphatic heterocycles. The number of rotatable bonds is 3. The Hall–Kier alpha value is -2.65. The molecule has 0 spiro atoms. The Bertz CT molecular complexity index is 707. The van der Waals surface area contributed by atoms with E-state index in [2.05, 4.69) is 6.58 Å². The maximum Gasteiger partial charge on any atom is 0.261 e. The van der Waals surface area contributed by atoms with Crippen LogP contribution in [0.1, 0.15) is 11.1 Å². The van der Waals surface area contributed by atoms with Crippen molar-refractivity contribution in [1.29, 1.82) is 0 Å². The molecule has 0 saturated carbocycles. The predicted molar refractivity (Wildman–Crippen MR) is 81.8 cm³/mol. The summed E-state index contributed by atoms with van der Waals surface area (Å²) in [6.07, 6.45) is 2.95. The second-order valence-corrected chi connectivity index (χ2v) is 4.87. The van der Waals surface area contributed by atoms with Crippen LogP contribution in [0.3, 0.4) is 0 Å².